The van der Waals surface area contributed by atoms with E-state index in [0.29, 0.717) is 12.0 Å². The van der Waals surface area contributed by atoms with Crippen molar-refractivity contribution in [3.8, 4) is 0 Å². The second-order valence-corrected chi connectivity index (χ2v) is 6.03. The van der Waals surface area contributed by atoms with Gasteiger partial charge in [-0.2, -0.15) is 0 Å². The van der Waals surface area contributed by atoms with Crippen LogP contribution in [0.4, 0.5) is 0 Å². The molecule has 1 saturated heterocycles. The fraction of sp³-hybridized carbons (Fsp3) is 0.933. The molecule has 2 N–H and O–H groups in total. The van der Waals surface area contributed by atoms with E-state index >= 15 is 0 Å². The fourth-order valence-electron chi connectivity index (χ4n) is 2.96. The highest BCUT2D eigenvalue weighted by molar-refractivity contribution is 5.81. The number of amides is 1. The Balaban J connectivity index is 1.63. The molecule has 1 aliphatic heterocycles. The van der Waals surface area contributed by atoms with Gasteiger partial charge in [0.25, 0.3) is 0 Å². The summed E-state index contributed by atoms with van der Waals surface area (Å²) in [6, 6.07) is 0.332. The maximum Gasteiger partial charge on any atom is 0.237 e. The Labute approximate surface area is 116 Å². The summed E-state index contributed by atoms with van der Waals surface area (Å²) in [5, 5.41) is 6.55. The molecule has 2 fully saturated rings. The molecule has 2 aliphatic rings. The van der Waals surface area contributed by atoms with E-state index in [0.717, 1.165) is 45.4 Å². The number of carbonyl (C=O) groups is 1. The van der Waals surface area contributed by atoms with Gasteiger partial charge in [-0.25, -0.2) is 0 Å². The van der Waals surface area contributed by atoms with Crippen molar-refractivity contribution < 1.29 is 9.53 Å². The molecular formula is C15H28N2O2. The first-order chi connectivity index (χ1) is 9.25. The molecule has 0 aromatic carbocycles. The Morgan fingerprint density at radius 2 is 1.84 bits per heavy atom. The van der Waals surface area contributed by atoms with Gasteiger partial charge in [-0.3, -0.25) is 4.79 Å². The van der Waals surface area contributed by atoms with Gasteiger partial charge in [-0.1, -0.05) is 19.3 Å². The lowest BCUT2D eigenvalue weighted by molar-refractivity contribution is -0.123. The second kappa shape index (κ2) is 7.85. The van der Waals surface area contributed by atoms with Crippen molar-refractivity contribution in [3.05, 3.63) is 0 Å². The molecule has 1 atom stereocenters. The molecule has 0 spiro atoms. The van der Waals surface area contributed by atoms with Crippen molar-refractivity contribution in [2.45, 2.75) is 64.0 Å². The van der Waals surface area contributed by atoms with E-state index in [1.165, 1.54) is 19.3 Å². The van der Waals surface area contributed by atoms with Gasteiger partial charge >= 0.3 is 0 Å². The lowest BCUT2D eigenvalue weighted by Crippen LogP contribution is -2.48. The highest BCUT2D eigenvalue weighted by Crippen LogP contribution is 2.17. The minimum Gasteiger partial charge on any atom is -0.381 e. The average Bonchev–Trinajstić information content (AvgIpc) is 2.47. The number of ether oxygens (including phenoxy) is 1. The summed E-state index contributed by atoms with van der Waals surface area (Å²) < 4.78 is 5.35. The normalized spacial score (nSPS) is 24.1. The number of hydrogen-bond donors (Lipinski definition) is 2. The van der Waals surface area contributed by atoms with Gasteiger partial charge in [0.1, 0.15) is 0 Å². The third-order valence-electron chi connectivity index (χ3n) is 4.40. The molecule has 0 bridgehead atoms. The monoisotopic (exact) mass is 268 g/mol. The molecule has 4 nitrogen and oxygen atoms in total. The molecule has 2 rings (SSSR count). The Kier molecular flexibility index (Phi) is 6.11. The van der Waals surface area contributed by atoms with E-state index in [2.05, 4.69) is 10.6 Å². The topological polar surface area (TPSA) is 50.4 Å². The van der Waals surface area contributed by atoms with Gasteiger partial charge in [-0.05, 0) is 45.1 Å². The molecule has 110 valence electrons. The van der Waals surface area contributed by atoms with E-state index in [1.54, 1.807) is 0 Å². The zero-order valence-electron chi connectivity index (χ0n) is 12.1. The highest BCUT2D eigenvalue weighted by Gasteiger charge is 2.20. The van der Waals surface area contributed by atoms with Crippen molar-refractivity contribution in [2.24, 2.45) is 5.92 Å². The largest absolute Gasteiger partial charge is 0.381 e. The lowest BCUT2D eigenvalue weighted by atomic mass is 9.95. The Bertz CT molecular complexity index is 271. The van der Waals surface area contributed by atoms with Crippen LogP contribution in [-0.2, 0) is 9.53 Å². The predicted molar refractivity (Wildman–Crippen MR) is 76.0 cm³/mol. The van der Waals surface area contributed by atoms with Crippen LogP contribution >= 0.6 is 0 Å². The quantitative estimate of drug-likeness (QED) is 0.800. The van der Waals surface area contributed by atoms with Gasteiger partial charge in [-0.15, -0.1) is 0 Å². The van der Waals surface area contributed by atoms with Crippen LogP contribution in [0.3, 0.4) is 0 Å². The summed E-state index contributed by atoms with van der Waals surface area (Å²) in [6.45, 7) is 4.64. The molecule has 0 aromatic heterocycles. The lowest BCUT2D eigenvalue weighted by Gasteiger charge is -2.26. The Hall–Kier alpha value is -0.610. The third-order valence-corrected chi connectivity index (χ3v) is 4.40. The van der Waals surface area contributed by atoms with E-state index in [1.807, 2.05) is 6.92 Å². The molecule has 19 heavy (non-hydrogen) atoms. The van der Waals surface area contributed by atoms with Crippen molar-refractivity contribution in [3.63, 3.8) is 0 Å². The van der Waals surface area contributed by atoms with Crippen LogP contribution in [-0.4, -0.2) is 37.7 Å². The summed E-state index contributed by atoms with van der Waals surface area (Å²) in [4.78, 5) is 12.1. The predicted octanol–water partition coefficient (Wildman–Crippen LogP) is 1.84. The summed E-state index contributed by atoms with van der Waals surface area (Å²) in [7, 11) is 0. The van der Waals surface area contributed by atoms with Gasteiger partial charge in [0.15, 0.2) is 0 Å². The van der Waals surface area contributed by atoms with Gasteiger partial charge in [0, 0.05) is 19.3 Å². The van der Waals surface area contributed by atoms with Crippen molar-refractivity contribution in [1.29, 1.82) is 0 Å². The maximum absolute atomic E-state index is 12.1. The molecule has 4 heteroatoms. The number of hydrogen-bond acceptors (Lipinski definition) is 3. The average molecular weight is 268 g/mol. The Morgan fingerprint density at radius 3 is 2.53 bits per heavy atom. The smallest absolute Gasteiger partial charge is 0.237 e. The molecule has 1 saturated carbocycles. The molecule has 1 aliphatic carbocycles. The standard InChI is InChI=1S/C15H28N2O2/c1-12(16-11-13-7-9-19-10-8-13)15(18)17-14-5-3-2-4-6-14/h12-14,16H,2-11H2,1H3,(H,17,18). The van der Waals surface area contributed by atoms with Crippen LogP contribution in [0.5, 0.6) is 0 Å². The zero-order chi connectivity index (χ0) is 13.5. The second-order valence-electron chi connectivity index (χ2n) is 6.03. The SMILES string of the molecule is CC(NCC1CCOCC1)C(=O)NC1CCCCC1. The van der Waals surface area contributed by atoms with Crippen LogP contribution in [0.1, 0.15) is 51.9 Å². The summed E-state index contributed by atoms with van der Waals surface area (Å²) in [5.74, 6) is 0.831. The van der Waals surface area contributed by atoms with Gasteiger partial charge in [0.2, 0.25) is 5.91 Å². The fourth-order valence-corrected chi connectivity index (χ4v) is 2.96. The maximum atomic E-state index is 12.1. The molecule has 0 radical (unpaired) electrons. The minimum atomic E-state index is -0.0789. The van der Waals surface area contributed by atoms with E-state index in [-0.39, 0.29) is 11.9 Å². The van der Waals surface area contributed by atoms with Crippen molar-refractivity contribution in [1.82, 2.24) is 10.6 Å². The number of carbonyl (C=O) groups excluding carboxylic acids is 1. The highest BCUT2D eigenvalue weighted by atomic mass is 16.5. The summed E-state index contributed by atoms with van der Waals surface area (Å²) in [5.41, 5.74) is 0. The van der Waals surface area contributed by atoms with Crippen LogP contribution in [0.25, 0.3) is 0 Å². The third kappa shape index (κ3) is 5.11. The minimum absolute atomic E-state index is 0.0789. The number of rotatable bonds is 5. The molecule has 0 aromatic rings. The van der Waals surface area contributed by atoms with Gasteiger partial charge in [0.05, 0.1) is 6.04 Å². The molecule has 1 amide bonds. The van der Waals surface area contributed by atoms with Crippen molar-refractivity contribution >= 4 is 5.91 Å². The zero-order valence-corrected chi connectivity index (χ0v) is 12.1. The summed E-state index contributed by atoms with van der Waals surface area (Å²) in [6.07, 6.45) is 8.37. The summed E-state index contributed by atoms with van der Waals surface area (Å²) >= 11 is 0. The molecular weight excluding hydrogens is 240 g/mol. The van der Waals surface area contributed by atoms with Crippen LogP contribution < -0.4 is 10.6 Å². The van der Waals surface area contributed by atoms with E-state index < -0.39 is 0 Å². The van der Waals surface area contributed by atoms with Crippen molar-refractivity contribution in [2.75, 3.05) is 19.8 Å². The number of nitrogens with one attached hydrogen (secondary N) is 2. The molecule has 1 unspecified atom stereocenters. The first kappa shape index (κ1) is 14.8. The first-order valence-corrected chi connectivity index (χ1v) is 7.87. The van der Waals surface area contributed by atoms with Crippen LogP contribution in [0.2, 0.25) is 0 Å². The molecule has 1 heterocycles. The van der Waals surface area contributed by atoms with Gasteiger partial charge < -0.3 is 15.4 Å². The van der Waals surface area contributed by atoms with E-state index in [9.17, 15) is 4.79 Å². The Morgan fingerprint density at radius 1 is 1.16 bits per heavy atom. The van der Waals surface area contributed by atoms with Crippen LogP contribution in [0, 0.1) is 5.92 Å². The first-order valence-electron chi connectivity index (χ1n) is 7.87. The van der Waals surface area contributed by atoms with E-state index in [4.69, 9.17) is 4.74 Å². The van der Waals surface area contributed by atoms with Crippen LogP contribution in [0.15, 0.2) is 0 Å².